The van der Waals surface area contributed by atoms with Crippen LogP contribution in [0.2, 0.25) is 0 Å². The first-order chi connectivity index (χ1) is 10.5. The zero-order chi connectivity index (χ0) is 16.6. The zero-order valence-corrected chi connectivity index (χ0v) is 14.0. The topological polar surface area (TPSA) is 77.8 Å². The van der Waals surface area contributed by atoms with Gasteiger partial charge >= 0.3 is 12.0 Å². The molecule has 6 nitrogen and oxygen atoms in total. The predicted octanol–water partition coefficient (Wildman–Crippen LogP) is 3.24. The van der Waals surface area contributed by atoms with Gasteiger partial charge in [-0.3, -0.25) is 4.90 Å². The number of carbonyl (C=O) groups is 2. The Labute approximate surface area is 133 Å². The second kappa shape index (κ2) is 9.10. The van der Waals surface area contributed by atoms with E-state index in [0.29, 0.717) is 6.54 Å². The van der Waals surface area contributed by atoms with Crippen LogP contribution < -0.4 is 0 Å². The molecule has 0 saturated carbocycles. The fourth-order valence-electron chi connectivity index (χ4n) is 2.98. The van der Waals surface area contributed by atoms with Crippen molar-refractivity contribution in [3.05, 3.63) is 0 Å². The fourth-order valence-corrected chi connectivity index (χ4v) is 2.98. The van der Waals surface area contributed by atoms with Gasteiger partial charge in [0.25, 0.3) is 0 Å². The molecule has 1 aliphatic rings. The van der Waals surface area contributed by atoms with E-state index >= 15 is 0 Å². The molecule has 0 bridgehead atoms. The van der Waals surface area contributed by atoms with Crippen molar-refractivity contribution in [2.75, 3.05) is 19.6 Å². The number of rotatable bonds is 11. The van der Waals surface area contributed by atoms with Gasteiger partial charge in [-0.15, -0.1) is 0 Å². The van der Waals surface area contributed by atoms with E-state index in [1.807, 2.05) is 0 Å². The molecule has 128 valence electrons. The molecule has 0 spiro atoms. The number of hydrogen-bond acceptors (Lipinski definition) is 3. The van der Waals surface area contributed by atoms with E-state index in [0.717, 1.165) is 19.3 Å². The number of unbranched alkanes of at least 4 members (excludes halogenated alkanes) is 7. The minimum Gasteiger partial charge on any atom is -0.480 e. The normalized spacial score (nSPS) is 25.0. The number of hydroxylamine groups is 3. The van der Waals surface area contributed by atoms with Crippen LogP contribution in [0, 0.1) is 0 Å². The lowest BCUT2D eigenvalue weighted by Gasteiger charge is -2.20. The summed E-state index contributed by atoms with van der Waals surface area (Å²) in [5.74, 6) is -1.03. The summed E-state index contributed by atoms with van der Waals surface area (Å²) in [6, 6.07) is -1.38. The standard InChI is InChI=1S/C16H30N2O4/c1-3-5-6-7-8-9-10-11-12-17-14(15(19)20)13-18(22,4-2)16(17)21/h14,22H,3-13H2,1-2H3/p+1. The fraction of sp³-hybridized carbons (Fsp3) is 0.875. The third-order valence-corrected chi connectivity index (χ3v) is 4.51. The monoisotopic (exact) mass is 315 g/mol. The van der Waals surface area contributed by atoms with Crippen molar-refractivity contribution in [1.29, 1.82) is 0 Å². The third kappa shape index (κ3) is 4.95. The molecule has 0 aromatic carbocycles. The van der Waals surface area contributed by atoms with Gasteiger partial charge in [-0.05, 0) is 13.3 Å². The molecule has 1 saturated heterocycles. The number of aliphatic carboxylic acids is 1. The number of hydrogen-bond donors (Lipinski definition) is 2. The molecular formula is C16H31N2O4+. The van der Waals surface area contributed by atoms with Crippen LogP contribution in [0.4, 0.5) is 4.79 Å². The van der Waals surface area contributed by atoms with Crippen molar-refractivity contribution in [3.8, 4) is 0 Å². The Kier molecular flexibility index (Phi) is 7.82. The average Bonchev–Trinajstić information content (AvgIpc) is 2.75. The molecule has 1 rings (SSSR count). The summed E-state index contributed by atoms with van der Waals surface area (Å²) in [5.41, 5.74) is 0. The van der Waals surface area contributed by atoms with Gasteiger partial charge < -0.3 is 5.11 Å². The smallest absolute Gasteiger partial charge is 0.452 e. The summed E-state index contributed by atoms with van der Waals surface area (Å²) in [6.45, 7) is 4.46. The Morgan fingerprint density at radius 3 is 2.18 bits per heavy atom. The van der Waals surface area contributed by atoms with Gasteiger partial charge in [0, 0.05) is 6.54 Å². The van der Waals surface area contributed by atoms with E-state index in [1.165, 1.54) is 37.0 Å². The van der Waals surface area contributed by atoms with Crippen molar-refractivity contribution in [2.24, 2.45) is 0 Å². The van der Waals surface area contributed by atoms with Gasteiger partial charge in [0.05, 0.1) is 0 Å². The van der Waals surface area contributed by atoms with Gasteiger partial charge in [-0.1, -0.05) is 56.5 Å². The molecule has 2 N–H and O–H groups in total. The van der Waals surface area contributed by atoms with Gasteiger partial charge in [-0.2, -0.15) is 0 Å². The van der Waals surface area contributed by atoms with Gasteiger partial charge in [0.15, 0.2) is 12.6 Å². The summed E-state index contributed by atoms with van der Waals surface area (Å²) in [6.07, 6.45) is 9.18. The molecule has 0 aromatic rings. The summed E-state index contributed by atoms with van der Waals surface area (Å²) in [4.78, 5) is 24.8. The predicted molar refractivity (Wildman–Crippen MR) is 83.6 cm³/mol. The molecule has 6 heteroatoms. The van der Waals surface area contributed by atoms with Crippen LogP contribution in [0.5, 0.6) is 0 Å². The Morgan fingerprint density at radius 2 is 1.68 bits per heavy atom. The molecular weight excluding hydrogens is 284 g/mol. The summed E-state index contributed by atoms with van der Waals surface area (Å²) >= 11 is 0. The number of nitrogens with zero attached hydrogens (tertiary/aromatic N) is 2. The first kappa shape index (κ1) is 18.9. The summed E-state index contributed by atoms with van der Waals surface area (Å²) in [5, 5.41) is 19.4. The maximum absolute atomic E-state index is 12.2. The number of carbonyl (C=O) groups excluding carboxylic acids is 1. The molecule has 1 aliphatic heterocycles. The number of likely N-dealkylation sites (N-methyl/N-ethyl adjacent to an activating group) is 1. The lowest BCUT2D eigenvalue weighted by molar-refractivity contribution is -1.03. The molecule has 0 aliphatic carbocycles. The molecule has 1 heterocycles. The number of carboxylic acids is 1. The molecule has 22 heavy (non-hydrogen) atoms. The average molecular weight is 315 g/mol. The maximum Gasteiger partial charge on any atom is 0.452 e. The van der Waals surface area contributed by atoms with E-state index < -0.39 is 22.7 Å². The third-order valence-electron chi connectivity index (χ3n) is 4.51. The van der Waals surface area contributed by atoms with E-state index in [4.69, 9.17) is 0 Å². The lowest BCUT2D eigenvalue weighted by Crippen LogP contribution is -2.48. The quantitative estimate of drug-likeness (QED) is 0.348. The van der Waals surface area contributed by atoms with Crippen LogP contribution in [0.3, 0.4) is 0 Å². The molecule has 2 amide bonds. The Morgan fingerprint density at radius 1 is 1.14 bits per heavy atom. The summed E-state index contributed by atoms with van der Waals surface area (Å²) < 4.78 is -0.784. The first-order valence-corrected chi connectivity index (χ1v) is 8.60. The SMILES string of the molecule is CCCCCCCCCCN1C(=O)[N+](O)(CC)CC1C(=O)O. The largest absolute Gasteiger partial charge is 0.480 e. The van der Waals surface area contributed by atoms with Crippen LogP contribution in [0.15, 0.2) is 0 Å². The lowest BCUT2D eigenvalue weighted by atomic mass is 10.1. The molecule has 1 fully saturated rings. The van der Waals surface area contributed by atoms with Crippen molar-refractivity contribution < 1.29 is 24.5 Å². The first-order valence-electron chi connectivity index (χ1n) is 8.60. The molecule has 0 radical (unpaired) electrons. The van der Waals surface area contributed by atoms with Crippen LogP contribution in [-0.2, 0) is 4.79 Å². The van der Waals surface area contributed by atoms with Gasteiger partial charge in [-0.25, -0.2) is 14.8 Å². The maximum atomic E-state index is 12.2. The molecule has 2 atom stereocenters. The van der Waals surface area contributed by atoms with Gasteiger partial charge in [0.2, 0.25) is 0 Å². The Hall–Kier alpha value is -1.14. The molecule has 2 unspecified atom stereocenters. The number of amides is 2. The minimum absolute atomic E-state index is 0.0539. The minimum atomic E-state index is -1.03. The van der Waals surface area contributed by atoms with E-state index in [9.17, 15) is 19.9 Å². The Balaban J connectivity index is 2.33. The highest BCUT2D eigenvalue weighted by atomic mass is 16.6. The second-order valence-electron chi connectivity index (χ2n) is 6.23. The number of quaternary nitrogens is 1. The van der Waals surface area contributed by atoms with Crippen LogP contribution in [0.1, 0.15) is 65.2 Å². The highest BCUT2D eigenvalue weighted by molar-refractivity contribution is 5.82. The highest BCUT2D eigenvalue weighted by Crippen LogP contribution is 2.23. The van der Waals surface area contributed by atoms with Crippen molar-refractivity contribution in [3.63, 3.8) is 0 Å². The zero-order valence-electron chi connectivity index (χ0n) is 14.0. The number of urea groups is 1. The van der Waals surface area contributed by atoms with Crippen molar-refractivity contribution in [2.45, 2.75) is 71.3 Å². The van der Waals surface area contributed by atoms with Crippen LogP contribution in [-0.4, -0.2) is 57.5 Å². The van der Waals surface area contributed by atoms with Crippen molar-refractivity contribution in [1.82, 2.24) is 4.90 Å². The van der Waals surface area contributed by atoms with Gasteiger partial charge in [0.1, 0.15) is 6.54 Å². The highest BCUT2D eigenvalue weighted by Gasteiger charge is 2.54. The number of carboxylic acid groups (broad SMARTS) is 1. The van der Waals surface area contributed by atoms with E-state index in [-0.39, 0.29) is 13.1 Å². The second-order valence-corrected chi connectivity index (χ2v) is 6.23. The van der Waals surface area contributed by atoms with Crippen LogP contribution >= 0.6 is 0 Å². The summed E-state index contributed by atoms with van der Waals surface area (Å²) in [7, 11) is 0. The molecule has 0 aromatic heterocycles. The van der Waals surface area contributed by atoms with E-state index in [2.05, 4.69) is 6.92 Å². The van der Waals surface area contributed by atoms with Crippen molar-refractivity contribution >= 4 is 12.0 Å². The Bertz CT molecular complexity index is 375. The van der Waals surface area contributed by atoms with E-state index in [1.54, 1.807) is 6.92 Å². The van der Waals surface area contributed by atoms with Crippen LogP contribution in [0.25, 0.3) is 0 Å².